The van der Waals surface area contributed by atoms with Gasteiger partial charge in [-0.05, 0) is 23.4 Å². The summed E-state index contributed by atoms with van der Waals surface area (Å²) >= 11 is 0. The third kappa shape index (κ3) is 2.64. The van der Waals surface area contributed by atoms with Crippen LogP contribution >= 0.6 is 0 Å². The maximum atomic E-state index is 5.62. The van der Waals surface area contributed by atoms with E-state index in [4.69, 9.17) is 11.2 Å². The van der Waals surface area contributed by atoms with Gasteiger partial charge < -0.3 is 10.1 Å². The van der Waals surface area contributed by atoms with E-state index in [0.717, 1.165) is 18.8 Å². The maximum absolute atomic E-state index is 5.62. The smallest absolute Gasteiger partial charge is 0.148 e. The third-order valence-corrected chi connectivity index (χ3v) is 2.86. The molecule has 18 heavy (non-hydrogen) atoms. The number of terminal acetylenes is 1. The SMILES string of the molecule is C#CCOc1ccc2ccccc2c1CNCC. The maximum Gasteiger partial charge on any atom is 0.148 e. The van der Waals surface area contributed by atoms with Gasteiger partial charge in [0.2, 0.25) is 0 Å². The van der Waals surface area contributed by atoms with Crippen LogP contribution in [0.5, 0.6) is 5.75 Å². The molecular formula is C16H17NO. The zero-order valence-electron chi connectivity index (χ0n) is 10.6. The van der Waals surface area contributed by atoms with Crippen LogP contribution in [0.3, 0.4) is 0 Å². The molecule has 92 valence electrons. The Morgan fingerprint density at radius 1 is 1.22 bits per heavy atom. The second-order valence-corrected chi connectivity index (χ2v) is 4.04. The van der Waals surface area contributed by atoms with Crippen molar-refractivity contribution in [3.63, 3.8) is 0 Å². The van der Waals surface area contributed by atoms with E-state index in [1.165, 1.54) is 16.3 Å². The van der Waals surface area contributed by atoms with E-state index in [0.29, 0.717) is 6.61 Å². The summed E-state index contributed by atoms with van der Waals surface area (Å²) in [6.45, 7) is 4.11. The number of fused-ring (bicyclic) bond motifs is 1. The van der Waals surface area contributed by atoms with Crippen LogP contribution < -0.4 is 10.1 Å². The normalized spacial score (nSPS) is 10.2. The van der Waals surface area contributed by atoms with E-state index in [1.54, 1.807) is 0 Å². The lowest BCUT2D eigenvalue weighted by Gasteiger charge is -2.13. The summed E-state index contributed by atoms with van der Waals surface area (Å²) in [4.78, 5) is 0. The summed E-state index contributed by atoms with van der Waals surface area (Å²) in [6.07, 6.45) is 5.25. The van der Waals surface area contributed by atoms with Crippen LogP contribution in [0.25, 0.3) is 10.8 Å². The molecule has 0 aliphatic rings. The summed E-state index contributed by atoms with van der Waals surface area (Å²) in [5, 5.41) is 5.78. The highest BCUT2D eigenvalue weighted by Crippen LogP contribution is 2.28. The van der Waals surface area contributed by atoms with Gasteiger partial charge in [0.1, 0.15) is 12.4 Å². The summed E-state index contributed by atoms with van der Waals surface area (Å²) < 4.78 is 5.62. The number of hydrogen-bond acceptors (Lipinski definition) is 2. The highest BCUT2D eigenvalue weighted by Gasteiger charge is 2.07. The fourth-order valence-corrected chi connectivity index (χ4v) is 2.00. The Kier molecular flexibility index (Phi) is 4.22. The molecule has 2 nitrogen and oxygen atoms in total. The van der Waals surface area contributed by atoms with Crippen molar-refractivity contribution in [1.82, 2.24) is 5.32 Å². The average Bonchev–Trinajstić information content (AvgIpc) is 2.43. The van der Waals surface area contributed by atoms with Gasteiger partial charge in [0, 0.05) is 12.1 Å². The van der Waals surface area contributed by atoms with Gasteiger partial charge in [0.05, 0.1) is 0 Å². The second-order valence-electron chi connectivity index (χ2n) is 4.04. The van der Waals surface area contributed by atoms with Crippen molar-refractivity contribution < 1.29 is 4.74 Å². The molecule has 0 fully saturated rings. The number of rotatable bonds is 5. The predicted octanol–water partition coefficient (Wildman–Crippen LogP) is 2.96. The first-order valence-corrected chi connectivity index (χ1v) is 6.14. The molecule has 0 bridgehead atoms. The molecule has 0 amide bonds. The van der Waals surface area contributed by atoms with Crippen LogP contribution in [0.1, 0.15) is 12.5 Å². The minimum Gasteiger partial charge on any atom is -0.481 e. The van der Waals surface area contributed by atoms with E-state index in [-0.39, 0.29) is 0 Å². The highest BCUT2D eigenvalue weighted by atomic mass is 16.5. The molecule has 0 unspecified atom stereocenters. The summed E-state index contributed by atoms with van der Waals surface area (Å²) in [7, 11) is 0. The van der Waals surface area contributed by atoms with Crippen LogP contribution in [-0.2, 0) is 6.54 Å². The first-order chi connectivity index (χ1) is 8.86. The standard InChI is InChI=1S/C16H17NO/c1-3-11-18-16-10-9-13-7-5-6-8-14(13)15(16)12-17-4-2/h1,5-10,17H,4,11-12H2,2H3. The first kappa shape index (κ1) is 12.5. The largest absolute Gasteiger partial charge is 0.481 e. The van der Waals surface area contributed by atoms with E-state index >= 15 is 0 Å². The van der Waals surface area contributed by atoms with Crippen LogP contribution in [0.15, 0.2) is 36.4 Å². The summed E-state index contributed by atoms with van der Waals surface area (Å²) in [5.74, 6) is 3.37. The molecule has 1 N–H and O–H groups in total. The highest BCUT2D eigenvalue weighted by molar-refractivity contribution is 5.87. The van der Waals surface area contributed by atoms with Gasteiger partial charge in [-0.25, -0.2) is 0 Å². The van der Waals surface area contributed by atoms with Crippen LogP contribution in [0, 0.1) is 12.3 Å². The molecule has 0 atom stereocenters. The fourth-order valence-electron chi connectivity index (χ4n) is 2.00. The first-order valence-electron chi connectivity index (χ1n) is 6.14. The Morgan fingerprint density at radius 2 is 2.06 bits per heavy atom. The van der Waals surface area contributed by atoms with Gasteiger partial charge in [-0.15, -0.1) is 6.42 Å². The third-order valence-electron chi connectivity index (χ3n) is 2.86. The van der Waals surface area contributed by atoms with E-state index < -0.39 is 0 Å². The number of nitrogens with one attached hydrogen (secondary N) is 1. The van der Waals surface area contributed by atoms with E-state index in [1.807, 2.05) is 18.2 Å². The van der Waals surface area contributed by atoms with Crippen LogP contribution in [0.4, 0.5) is 0 Å². The lowest BCUT2D eigenvalue weighted by Crippen LogP contribution is -2.13. The Hall–Kier alpha value is -1.98. The van der Waals surface area contributed by atoms with Crippen LogP contribution in [0.2, 0.25) is 0 Å². The minimum absolute atomic E-state index is 0.303. The Morgan fingerprint density at radius 3 is 2.83 bits per heavy atom. The molecule has 0 aliphatic heterocycles. The molecule has 0 aliphatic carbocycles. The number of benzene rings is 2. The van der Waals surface area contributed by atoms with E-state index in [9.17, 15) is 0 Å². The van der Waals surface area contributed by atoms with Gasteiger partial charge >= 0.3 is 0 Å². The fraction of sp³-hybridized carbons (Fsp3) is 0.250. The molecule has 2 rings (SSSR count). The summed E-state index contributed by atoms with van der Waals surface area (Å²) in [5.41, 5.74) is 1.17. The van der Waals surface area contributed by atoms with Crippen molar-refractivity contribution in [2.75, 3.05) is 13.2 Å². The molecule has 0 radical (unpaired) electrons. The molecule has 0 saturated heterocycles. The van der Waals surface area contributed by atoms with Gasteiger partial charge in [0.25, 0.3) is 0 Å². The molecular weight excluding hydrogens is 222 g/mol. The molecule has 0 aromatic heterocycles. The Labute approximate surface area is 108 Å². The van der Waals surface area contributed by atoms with Gasteiger partial charge in [-0.3, -0.25) is 0 Å². The van der Waals surface area contributed by atoms with Crippen molar-refractivity contribution in [2.24, 2.45) is 0 Å². The Bertz CT molecular complexity index is 569. The number of hydrogen-bond donors (Lipinski definition) is 1. The predicted molar refractivity (Wildman–Crippen MR) is 75.7 cm³/mol. The minimum atomic E-state index is 0.303. The van der Waals surface area contributed by atoms with Gasteiger partial charge in [-0.2, -0.15) is 0 Å². The molecule has 0 heterocycles. The number of ether oxygens (including phenoxy) is 1. The monoisotopic (exact) mass is 239 g/mol. The molecule has 2 aromatic rings. The zero-order valence-corrected chi connectivity index (χ0v) is 10.6. The van der Waals surface area contributed by atoms with Crippen molar-refractivity contribution in [3.05, 3.63) is 42.0 Å². The van der Waals surface area contributed by atoms with E-state index in [2.05, 4.69) is 36.4 Å². The van der Waals surface area contributed by atoms with Crippen molar-refractivity contribution >= 4 is 10.8 Å². The Balaban J connectivity index is 2.45. The van der Waals surface area contributed by atoms with Crippen molar-refractivity contribution in [2.45, 2.75) is 13.5 Å². The molecule has 2 heteroatoms. The molecule has 0 spiro atoms. The second kappa shape index (κ2) is 6.09. The average molecular weight is 239 g/mol. The lowest BCUT2D eigenvalue weighted by molar-refractivity contribution is 0.366. The molecule has 0 saturated carbocycles. The van der Waals surface area contributed by atoms with Gasteiger partial charge in [-0.1, -0.05) is 43.2 Å². The van der Waals surface area contributed by atoms with Crippen LogP contribution in [-0.4, -0.2) is 13.2 Å². The molecule has 2 aromatic carbocycles. The lowest BCUT2D eigenvalue weighted by atomic mass is 10.0. The van der Waals surface area contributed by atoms with Crippen molar-refractivity contribution in [3.8, 4) is 18.1 Å². The van der Waals surface area contributed by atoms with Crippen molar-refractivity contribution in [1.29, 1.82) is 0 Å². The summed E-state index contributed by atoms with van der Waals surface area (Å²) in [6, 6.07) is 12.4. The quantitative estimate of drug-likeness (QED) is 0.810. The topological polar surface area (TPSA) is 21.3 Å². The zero-order chi connectivity index (χ0) is 12.8. The van der Waals surface area contributed by atoms with Gasteiger partial charge in [0.15, 0.2) is 0 Å².